The number of nitrogens with zero attached hydrogens (tertiary/aromatic N) is 3. The molecule has 1 saturated heterocycles. The Morgan fingerprint density at radius 1 is 1.48 bits per heavy atom. The first-order chi connectivity index (χ1) is 10.1. The van der Waals surface area contributed by atoms with Gasteiger partial charge in [0.1, 0.15) is 5.82 Å². The second-order valence-electron chi connectivity index (χ2n) is 5.11. The van der Waals surface area contributed by atoms with E-state index < -0.39 is 0 Å². The molecule has 1 aliphatic heterocycles. The van der Waals surface area contributed by atoms with Crippen LogP contribution in [0.1, 0.15) is 32.0 Å². The first kappa shape index (κ1) is 15.7. The Morgan fingerprint density at radius 2 is 2.19 bits per heavy atom. The van der Waals surface area contributed by atoms with Gasteiger partial charge in [0.25, 0.3) is 0 Å². The number of aromatic nitrogens is 2. The molecule has 1 aromatic rings. The standard InChI is InChI=1S/C14H19ClN4O2/c1-2-5-19-9-10(3-4-13(19)20)14(21)18-8-12-16-6-11(15)7-17-12/h6-7,10H,2-5,8-9H2,1H3,(H,18,21). The lowest BCUT2D eigenvalue weighted by atomic mass is 9.96. The first-order valence-electron chi connectivity index (χ1n) is 7.12. The van der Waals surface area contributed by atoms with Crippen molar-refractivity contribution in [2.75, 3.05) is 13.1 Å². The lowest BCUT2D eigenvalue weighted by Crippen LogP contribution is -2.45. The van der Waals surface area contributed by atoms with Crippen LogP contribution in [-0.4, -0.2) is 39.8 Å². The summed E-state index contributed by atoms with van der Waals surface area (Å²) in [6.07, 6.45) is 4.94. The predicted octanol–water partition coefficient (Wildman–Crippen LogP) is 1.39. The van der Waals surface area contributed by atoms with Crippen molar-refractivity contribution in [1.82, 2.24) is 20.2 Å². The number of nitrogens with one attached hydrogen (secondary N) is 1. The zero-order valence-electron chi connectivity index (χ0n) is 12.0. The minimum atomic E-state index is -0.151. The quantitative estimate of drug-likeness (QED) is 0.892. The summed E-state index contributed by atoms with van der Waals surface area (Å²) in [5, 5.41) is 3.28. The van der Waals surface area contributed by atoms with Crippen molar-refractivity contribution in [2.45, 2.75) is 32.7 Å². The molecule has 0 aliphatic carbocycles. The van der Waals surface area contributed by atoms with Crippen molar-refractivity contribution in [3.63, 3.8) is 0 Å². The minimum absolute atomic E-state index is 0.0536. The van der Waals surface area contributed by atoms with E-state index in [9.17, 15) is 9.59 Å². The van der Waals surface area contributed by atoms with E-state index in [1.165, 1.54) is 12.4 Å². The zero-order valence-corrected chi connectivity index (χ0v) is 12.8. The van der Waals surface area contributed by atoms with Gasteiger partial charge in [-0.15, -0.1) is 0 Å². The summed E-state index contributed by atoms with van der Waals surface area (Å²) in [5.74, 6) is 0.454. The molecular formula is C14H19ClN4O2. The average molecular weight is 311 g/mol. The number of piperidine rings is 1. The monoisotopic (exact) mass is 310 g/mol. The van der Waals surface area contributed by atoms with Crippen LogP contribution >= 0.6 is 11.6 Å². The number of likely N-dealkylation sites (tertiary alicyclic amines) is 1. The van der Waals surface area contributed by atoms with E-state index in [-0.39, 0.29) is 24.3 Å². The van der Waals surface area contributed by atoms with Crippen LogP contribution in [0.2, 0.25) is 5.02 Å². The lowest BCUT2D eigenvalue weighted by molar-refractivity contribution is -0.138. The SMILES string of the molecule is CCCN1CC(C(=O)NCc2ncc(Cl)cn2)CCC1=O. The van der Waals surface area contributed by atoms with Gasteiger partial charge in [0.05, 0.1) is 17.5 Å². The third-order valence-corrected chi connectivity index (χ3v) is 3.65. The van der Waals surface area contributed by atoms with E-state index in [1.54, 1.807) is 4.90 Å². The molecule has 0 radical (unpaired) electrons. The molecule has 1 fully saturated rings. The van der Waals surface area contributed by atoms with E-state index in [0.29, 0.717) is 36.8 Å². The third-order valence-electron chi connectivity index (χ3n) is 3.46. The number of halogens is 1. The molecule has 21 heavy (non-hydrogen) atoms. The summed E-state index contributed by atoms with van der Waals surface area (Å²) >= 11 is 5.71. The number of carbonyl (C=O) groups excluding carboxylic acids is 2. The molecule has 2 rings (SSSR count). The van der Waals surface area contributed by atoms with Gasteiger partial charge in [-0.2, -0.15) is 0 Å². The van der Waals surface area contributed by atoms with Crippen LogP contribution in [0.25, 0.3) is 0 Å². The minimum Gasteiger partial charge on any atom is -0.349 e. The van der Waals surface area contributed by atoms with Crippen molar-refractivity contribution in [1.29, 1.82) is 0 Å². The maximum absolute atomic E-state index is 12.2. The number of hydrogen-bond acceptors (Lipinski definition) is 4. The van der Waals surface area contributed by atoms with Crippen LogP contribution in [0.15, 0.2) is 12.4 Å². The van der Waals surface area contributed by atoms with Crippen LogP contribution < -0.4 is 5.32 Å². The van der Waals surface area contributed by atoms with Gasteiger partial charge in [0.2, 0.25) is 11.8 Å². The molecule has 0 bridgehead atoms. The number of carbonyl (C=O) groups is 2. The fourth-order valence-electron chi connectivity index (χ4n) is 2.36. The fourth-order valence-corrected chi connectivity index (χ4v) is 2.45. The van der Waals surface area contributed by atoms with Gasteiger partial charge in [-0.1, -0.05) is 18.5 Å². The molecule has 1 unspecified atom stereocenters. The fraction of sp³-hybridized carbons (Fsp3) is 0.571. The molecule has 7 heteroatoms. The second kappa shape index (κ2) is 7.36. The highest BCUT2D eigenvalue weighted by molar-refractivity contribution is 6.30. The van der Waals surface area contributed by atoms with Crippen molar-refractivity contribution < 1.29 is 9.59 Å². The van der Waals surface area contributed by atoms with Gasteiger partial charge in [0, 0.05) is 31.9 Å². The molecule has 1 aliphatic rings. The van der Waals surface area contributed by atoms with Gasteiger partial charge < -0.3 is 10.2 Å². The highest BCUT2D eigenvalue weighted by Crippen LogP contribution is 2.18. The third kappa shape index (κ3) is 4.39. The largest absolute Gasteiger partial charge is 0.349 e. The Kier molecular flexibility index (Phi) is 5.50. The highest BCUT2D eigenvalue weighted by atomic mass is 35.5. The van der Waals surface area contributed by atoms with E-state index in [0.717, 1.165) is 6.42 Å². The van der Waals surface area contributed by atoms with E-state index in [2.05, 4.69) is 15.3 Å². The molecule has 0 aromatic carbocycles. The topological polar surface area (TPSA) is 75.2 Å². The summed E-state index contributed by atoms with van der Waals surface area (Å²) < 4.78 is 0. The van der Waals surface area contributed by atoms with E-state index >= 15 is 0 Å². The van der Waals surface area contributed by atoms with E-state index in [4.69, 9.17) is 11.6 Å². The summed E-state index contributed by atoms with van der Waals surface area (Å²) in [6, 6.07) is 0. The normalized spacial score (nSPS) is 18.7. The van der Waals surface area contributed by atoms with Crippen molar-refractivity contribution in [3.05, 3.63) is 23.2 Å². The molecule has 0 spiro atoms. The van der Waals surface area contributed by atoms with Gasteiger partial charge >= 0.3 is 0 Å². The molecule has 1 N–H and O–H groups in total. The predicted molar refractivity (Wildman–Crippen MR) is 78.5 cm³/mol. The van der Waals surface area contributed by atoms with Gasteiger partial charge in [-0.05, 0) is 12.8 Å². The van der Waals surface area contributed by atoms with Crippen LogP contribution in [0.4, 0.5) is 0 Å². The Hall–Kier alpha value is -1.69. The second-order valence-corrected chi connectivity index (χ2v) is 5.55. The lowest BCUT2D eigenvalue weighted by Gasteiger charge is -2.31. The Labute approximate surface area is 128 Å². The molecule has 1 aromatic heterocycles. The van der Waals surface area contributed by atoms with Gasteiger partial charge in [-0.25, -0.2) is 9.97 Å². The summed E-state index contributed by atoms with van der Waals surface area (Å²) in [4.78, 5) is 33.7. The van der Waals surface area contributed by atoms with Crippen LogP contribution in [-0.2, 0) is 16.1 Å². The smallest absolute Gasteiger partial charge is 0.225 e. The summed E-state index contributed by atoms with van der Waals surface area (Å²) in [7, 11) is 0. The highest BCUT2D eigenvalue weighted by Gasteiger charge is 2.29. The van der Waals surface area contributed by atoms with Crippen molar-refractivity contribution in [2.24, 2.45) is 5.92 Å². The maximum atomic E-state index is 12.2. The number of rotatable bonds is 5. The van der Waals surface area contributed by atoms with Crippen molar-refractivity contribution >= 4 is 23.4 Å². The average Bonchev–Trinajstić information content (AvgIpc) is 2.49. The Balaban J connectivity index is 1.85. The zero-order chi connectivity index (χ0) is 15.2. The van der Waals surface area contributed by atoms with Crippen molar-refractivity contribution in [3.8, 4) is 0 Å². The number of amides is 2. The maximum Gasteiger partial charge on any atom is 0.225 e. The molecule has 114 valence electrons. The van der Waals surface area contributed by atoms with Crippen LogP contribution in [0.3, 0.4) is 0 Å². The van der Waals surface area contributed by atoms with Crippen LogP contribution in [0.5, 0.6) is 0 Å². The van der Waals surface area contributed by atoms with Crippen LogP contribution in [0, 0.1) is 5.92 Å². The molecule has 6 nitrogen and oxygen atoms in total. The summed E-state index contributed by atoms with van der Waals surface area (Å²) in [6.45, 7) is 3.51. The van der Waals surface area contributed by atoms with Gasteiger partial charge in [-0.3, -0.25) is 9.59 Å². The molecule has 2 amide bonds. The Morgan fingerprint density at radius 3 is 2.86 bits per heavy atom. The molecule has 1 atom stereocenters. The Bertz CT molecular complexity index is 506. The first-order valence-corrected chi connectivity index (χ1v) is 7.50. The van der Waals surface area contributed by atoms with Gasteiger partial charge in [0.15, 0.2) is 0 Å². The summed E-state index contributed by atoms with van der Waals surface area (Å²) in [5.41, 5.74) is 0. The van der Waals surface area contributed by atoms with E-state index in [1.807, 2.05) is 6.92 Å². The molecule has 0 saturated carbocycles. The molecule has 2 heterocycles. The number of hydrogen-bond donors (Lipinski definition) is 1. The molecular weight excluding hydrogens is 292 g/mol.